The van der Waals surface area contributed by atoms with E-state index in [4.69, 9.17) is 19.7 Å². The topological polar surface area (TPSA) is 72.8 Å². The Balaban J connectivity index is 1.58. The van der Waals surface area contributed by atoms with Crippen LogP contribution in [0.3, 0.4) is 0 Å². The van der Waals surface area contributed by atoms with Crippen LogP contribution in [-0.2, 0) is 0 Å². The fraction of sp³-hybridized carbons (Fsp3) is 0.0435. The number of nitrogens with one attached hydrogen (secondary N) is 1. The van der Waals surface area contributed by atoms with Crippen LogP contribution in [0.25, 0.3) is 33.5 Å². The van der Waals surface area contributed by atoms with Gasteiger partial charge in [0.25, 0.3) is 0 Å². The summed E-state index contributed by atoms with van der Waals surface area (Å²) in [7, 11) is 1.64. The van der Waals surface area contributed by atoms with Crippen molar-refractivity contribution in [1.29, 1.82) is 0 Å². The van der Waals surface area contributed by atoms with E-state index in [1.165, 1.54) is 11.3 Å². The Hall–Kier alpha value is -3.36. The number of hydrogen-bond acceptors (Lipinski definition) is 7. The molecule has 152 valence electrons. The zero-order chi connectivity index (χ0) is 21.2. The molecule has 0 radical (unpaired) electrons. The highest BCUT2D eigenvalue weighted by Crippen LogP contribution is 2.32. The molecule has 6 nitrogen and oxygen atoms in total. The number of methoxy groups -OCH3 is 1. The summed E-state index contributed by atoms with van der Waals surface area (Å²) in [6.45, 7) is 0. The molecule has 0 amide bonds. The maximum Gasteiger partial charge on any atom is 0.188 e. The Morgan fingerprint density at radius 2 is 1.87 bits per heavy atom. The van der Waals surface area contributed by atoms with Crippen LogP contribution in [0.15, 0.2) is 76.8 Å². The standard InChI is InChI=1S/C23H16BrN5OS/c1-30-17-7-8-19-18(11-17)22(28-21(26-19)15-5-3-9-25-12-15)29-23-27-20(13-31-23)14-4-2-6-16(24)10-14/h2-13H,1H3,(H,26,27,28,29). The summed E-state index contributed by atoms with van der Waals surface area (Å²) in [5.41, 5.74) is 3.60. The van der Waals surface area contributed by atoms with Crippen LogP contribution in [0.5, 0.6) is 5.75 Å². The maximum absolute atomic E-state index is 5.40. The van der Waals surface area contributed by atoms with E-state index in [2.05, 4.69) is 26.2 Å². The van der Waals surface area contributed by atoms with Crippen molar-refractivity contribution in [3.8, 4) is 28.4 Å². The van der Waals surface area contributed by atoms with Crippen molar-refractivity contribution in [3.05, 3.63) is 76.8 Å². The van der Waals surface area contributed by atoms with Gasteiger partial charge in [-0.15, -0.1) is 11.3 Å². The predicted octanol–water partition coefficient (Wildman–Crippen LogP) is 6.33. The first-order valence-corrected chi connectivity index (χ1v) is 11.1. The Bertz CT molecular complexity index is 1370. The molecule has 0 saturated carbocycles. The lowest BCUT2D eigenvalue weighted by atomic mass is 10.2. The fourth-order valence-electron chi connectivity index (χ4n) is 3.17. The number of rotatable bonds is 5. The lowest BCUT2D eigenvalue weighted by Crippen LogP contribution is -2.00. The summed E-state index contributed by atoms with van der Waals surface area (Å²) in [4.78, 5) is 18.4. The number of fused-ring (bicyclic) bond motifs is 1. The first-order valence-electron chi connectivity index (χ1n) is 9.44. The maximum atomic E-state index is 5.40. The number of nitrogens with zero attached hydrogens (tertiary/aromatic N) is 4. The zero-order valence-corrected chi connectivity index (χ0v) is 18.8. The van der Waals surface area contributed by atoms with Crippen molar-refractivity contribution in [2.45, 2.75) is 0 Å². The summed E-state index contributed by atoms with van der Waals surface area (Å²) < 4.78 is 6.42. The number of benzene rings is 2. The van der Waals surface area contributed by atoms with E-state index in [0.29, 0.717) is 11.6 Å². The molecule has 0 atom stereocenters. The van der Waals surface area contributed by atoms with Gasteiger partial charge >= 0.3 is 0 Å². The molecule has 0 unspecified atom stereocenters. The minimum absolute atomic E-state index is 0.594. The van der Waals surface area contributed by atoms with Crippen LogP contribution in [0.2, 0.25) is 0 Å². The second-order valence-electron chi connectivity index (χ2n) is 6.69. The van der Waals surface area contributed by atoms with Crippen LogP contribution in [-0.4, -0.2) is 27.0 Å². The molecule has 1 N–H and O–H groups in total. The number of pyridine rings is 1. The van der Waals surface area contributed by atoms with E-state index >= 15 is 0 Å². The van der Waals surface area contributed by atoms with E-state index in [1.807, 2.05) is 60.0 Å². The number of ether oxygens (including phenoxy) is 1. The highest BCUT2D eigenvalue weighted by Gasteiger charge is 2.13. The zero-order valence-electron chi connectivity index (χ0n) is 16.4. The largest absolute Gasteiger partial charge is 0.497 e. The minimum atomic E-state index is 0.594. The Kier molecular flexibility index (Phi) is 5.31. The van der Waals surface area contributed by atoms with Crippen LogP contribution < -0.4 is 10.1 Å². The number of hydrogen-bond donors (Lipinski definition) is 1. The van der Waals surface area contributed by atoms with Crippen LogP contribution in [0, 0.1) is 0 Å². The Labute approximate surface area is 191 Å². The van der Waals surface area contributed by atoms with Crippen molar-refractivity contribution < 1.29 is 4.74 Å². The summed E-state index contributed by atoms with van der Waals surface area (Å²) in [6.07, 6.45) is 3.48. The lowest BCUT2D eigenvalue weighted by molar-refractivity contribution is 0.415. The van der Waals surface area contributed by atoms with E-state index in [1.54, 1.807) is 19.5 Å². The highest BCUT2D eigenvalue weighted by molar-refractivity contribution is 9.10. The van der Waals surface area contributed by atoms with E-state index in [0.717, 1.165) is 43.1 Å². The Morgan fingerprint density at radius 1 is 0.968 bits per heavy atom. The molecule has 0 aliphatic heterocycles. The molecule has 0 saturated heterocycles. The van der Waals surface area contributed by atoms with Crippen LogP contribution in [0.4, 0.5) is 10.9 Å². The smallest absolute Gasteiger partial charge is 0.188 e. The van der Waals surface area contributed by atoms with Gasteiger partial charge in [0, 0.05) is 38.8 Å². The van der Waals surface area contributed by atoms with E-state index in [9.17, 15) is 0 Å². The van der Waals surface area contributed by atoms with Gasteiger partial charge in [0.05, 0.1) is 18.3 Å². The molecule has 5 rings (SSSR count). The average Bonchev–Trinajstić information content (AvgIpc) is 3.28. The molecular weight excluding hydrogens is 474 g/mol. The van der Waals surface area contributed by atoms with E-state index in [-0.39, 0.29) is 0 Å². The third-order valence-corrected chi connectivity index (χ3v) is 5.92. The number of aromatic nitrogens is 4. The summed E-state index contributed by atoms with van der Waals surface area (Å²) in [5.74, 6) is 2.00. The highest BCUT2D eigenvalue weighted by atomic mass is 79.9. The molecule has 8 heteroatoms. The minimum Gasteiger partial charge on any atom is -0.497 e. The molecule has 31 heavy (non-hydrogen) atoms. The summed E-state index contributed by atoms with van der Waals surface area (Å²) >= 11 is 5.04. The first-order chi connectivity index (χ1) is 15.2. The van der Waals surface area contributed by atoms with Crippen LogP contribution >= 0.6 is 27.3 Å². The van der Waals surface area contributed by atoms with Gasteiger partial charge in [-0.05, 0) is 42.5 Å². The molecular formula is C23H16BrN5OS. The molecule has 5 aromatic rings. The summed E-state index contributed by atoms with van der Waals surface area (Å²) in [6, 6.07) is 17.6. The Morgan fingerprint density at radius 3 is 2.68 bits per heavy atom. The monoisotopic (exact) mass is 489 g/mol. The number of thiazole rings is 1. The lowest BCUT2D eigenvalue weighted by Gasteiger charge is -2.10. The molecule has 0 spiro atoms. The molecule has 0 aliphatic rings. The predicted molar refractivity (Wildman–Crippen MR) is 128 cm³/mol. The number of anilines is 2. The van der Waals surface area contributed by atoms with Gasteiger partial charge in [0.2, 0.25) is 0 Å². The number of halogens is 1. The average molecular weight is 490 g/mol. The molecule has 3 aromatic heterocycles. The second-order valence-corrected chi connectivity index (χ2v) is 8.47. The van der Waals surface area contributed by atoms with Gasteiger partial charge in [-0.2, -0.15) is 0 Å². The van der Waals surface area contributed by atoms with Gasteiger partial charge < -0.3 is 10.1 Å². The van der Waals surface area contributed by atoms with Crippen molar-refractivity contribution >= 4 is 49.1 Å². The molecule has 3 heterocycles. The molecule has 0 aliphatic carbocycles. The molecule has 0 fully saturated rings. The van der Waals surface area contributed by atoms with Crippen molar-refractivity contribution in [3.63, 3.8) is 0 Å². The van der Waals surface area contributed by atoms with Crippen molar-refractivity contribution in [2.24, 2.45) is 0 Å². The normalized spacial score (nSPS) is 10.9. The fourth-order valence-corrected chi connectivity index (χ4v) is 4.28. The van der Waals surface area contributed by atoms with Crippen molar-refractivity contribution in [1.82, 2.24) is 19.9 Å². The van der Waals surface area contributed by atoms with Gasteiger partial charge in [0.15, 0.2) is 11.0 Å². The first kappa shape index (κ1) is 19.6. The van der Waals surface area contributed by atoms with Gasteiger partial charge in [-0.1, -0.05) is 28.1 Å². The second kappa shape index (κ2) is 8.41. The third kappa shape index (κ3) is 4.12. The van der Waals surface area contributed by atoms with Gasteiger partial charge in [0.1, 0.15) is 11.6 Å². The van der Waals surface area contributed by atoms with Gasteiger partial charge in [-0.3, -0.25) is 4.98 Å². The third-order valence-electron chi connectivity index (χ3n) is 4.67. The molecule has 2 aromatic carbocycles. The molecule has 0 bridgehead atoms. The van der Waals surface area contributed by atoms with Crippen LogP contribution in [0.1, 0.15) is 0 Å². The van der Waals surface area contributed by atoms with Gasteiger partial charge in [-0.25, -0.2) is 15.0 Å². The summed E-state index contributed by atoms with van der Waals surface area (Å²) in [5, 5.41) is 7.00. The van der Waals surface area contributed by atoms with E-state index < -0.39 is 0 Å². The van der Waals surface area contributed by atoms with Crippen molar-refractivity contribution in [2.75, 3.05) is 12.4 Å². The quantitative estimate of drug-likeness (QED) is 0.311. The SMILES string of the molecule is COc1ccc2nc(-c3cccnc3)nc(Nc3nc(-c4cccc(Br)c4)cs3)c2c1.